The van der Waals surface area contributed by atoms with Gasteiger partial charge in [-0.3, -0.25) is 4.98 Å². The molecule has 0 saturated carbocycles. The molecule has 0 radical (unpaired) electrons. The van der Waals surface area contributed by atoms with Crippen LogP contribution in [0.5, 0.6) is 0 Å². The molecule has 0 fully saturated rings. The molecule has 0 aliphatic rings. The number of fused-ring (bicyclic) bond motifs is 1. The maximum atomic E-state index is 15.2. The first-order chi connectivity index (χ1) is 28.0. The molecule has 0 saturated heterocycles. The molecule has 5 aromatic carbocycles. The molecule has 9 aromatic rings. The van der Waals surface area contributed by atoms with Crippen LogP contribution in [0, 0.1) is 11.6 Å². The highest BCUT2D eigenvalue weighted by Crippen LogP contribution is 2.32. The fraction of sp³-hybridized carbons (Fsp3) is 0.128. The van der Waals surface area contributed by atoms with Crippen LogP contribution in [0.15, 0.2) is 149 Å². The minimum atomic E-state index is -0.282. The number of H-pyrrole nitrogens is 1. The van der Waals surface area contributed by atoms with Gasteiger partial charge in [0.1, 0.15) is 17.3 Å². The predicted octanol–water partition coefficient (Wildman–Crippen LogP) is 11.3. The van der Waals surface area contributed by atoms with Crippen molar-refractivity contribution in [2.24, 2.45) is 0 Å². The van der Waals surface area contributed by atoms with Crippen LogP contribution in [0.4, 0.5) is 8.78 Å². The average Bonchev–Trinajstić information content (AvgIpc) is 4.03. The summed E-state index contributed by atoms with van der Waals surface area (Å²) in [7, 11) is 0. The quantitative estimate of drug-likeness (QED) is 0.125. The van der Waals surface area contributed by atoms with Crippen molar-refractivity contribution in [2.45, 2.75) is 38.5 Å². The molecule has 0 spiro atoms. The molecular formula is C47H36F2N6O2. The van der Waals surface area contributed by atoms with E-state index >= 15 is 4.39 Å². The molecule has 0 amide bonds. The third-order valence-electron chi connectivity index (χ3n) is 10.1. The molecule has 0 bridgehead atoms. The Kier molecular flexibility index (Phi) is 9.97. The van der Waals surface area contributed by atoms with E-state index in [-0.39, 0.29) is 11.6 Å². The summed E-state index contributed by atoms with van der Waals surface area (Å²) in [6.45, 7) is 0. The van der Waals surface area contributed by atoms with E-state index in [1.165, 1.54) is 12.1 Å². The van der Waals surface area contributed by atoms with Crippen molar-refractivity contribution < 1.29 is 17.8 Å². The van der Waals surface area contributed by atoms with Crippen LogP contribution in [0.2, 0.25) is 0 Å². The molecule has 8 nitrogen and oxygen atoms in total. The monoisotopic (exact) mass is 754 g/mol. The third-order valence-corrected chi connectivity index (χ3v) is 10.1. The number of hydrogen-bond donors (Lipinski definition) is 1. The smallest absolute Gasteiger partial charge is 0.227 e. The van der Waals surface area contributed by atoms with Crippen LogP contribution in [0.3, 0.4) is 0 Å². The number of hydrogen-bond acceptors (Lipinski definition) is 7. The number of aromatic amines is 1. The number of pyridine rings is 1. The second kappa shape index (κ2) is 16.0. The van der Waals surface area contributed by atoms with Crippen molar-refractivity contribution in [3.8, 4) is 56.4 Å². The number of rotatable bonds is 13. The zero-order chi connectivity index (χ0) is 38.6. The summed E-state index contributed by atoms with van der Waals surface area (Å²) < 4.78 is 40.4. The summed E-state index contributed by atoms with van der Waals surface area (Å²) in [6.07, 6.45) is 6.32. The Morgan fingerprint density at radius 2 is 1.12 bits per heavy atom. The van der Waals surface area contributed by atoms with Gasteiger partial charge in [0.2, 0.25) is 23.4 Å². The Hall–Kier alpha value is -7.07. The average molecular weight is 755 g/mol. The van der Waals surface area contributed by atoms with Crippen LogP contribution in [-0.2, 0) is 25.7 Å². The van der Waals surface area contributed by atoms with Gasteiger partial charge in [-0.1, -0.05) is 95.2 Å². The van der Waals surface area contributed by atoms with Crippen molar-refractivity contribution >= 4 is 10.9 Å². The van der Waals surface area contributed by atoms with E-state index in [1.807, 2.05) is 97.1 Å². The Balaban J connectivity index is 0.817. The topological polar surface area (TPSA) is 107 Å². The van der Waals surface area contributed by atoms with Crippen LogP contribution in [0.1, 0.15) is 35.7 Å². The standard InChI is InChI=1S/C47H36F2N6O2/c48-39-10-2-1-9-37(39)32-18-14-30(15-19-32)7-5-12-44-52-46(54-56-44)36-23-22-35-28-42(51-43(35)29-36)34-24-25-40(49)38(27-34)33-20-16-31(17-21-33)8-6-13-45-53-47(55-57-45)41-11-3-4-26-50-41/h1-4,9-11,14-29,51H,5-8,12-13H2. The Bertz CT molecular complexity index is 2770. The van der Waals surface area contributed by atoms with Crippen molar-refractivity contribution in [3.05, 3.63) is 174 Å². The number of aromatic nitrogens is 6. The van der Waals surface area contributed by atoms with E-state index in [1.54, 1.807) is 24.4 Å². The summed E-state index contributed by atoms with van der Waals surface area (Å²) >= 11 is 0. The van der Waals surface area contributed by atoms with E-state index in [2.05, 4.69) is 36.3 Å². The van der Waals surface area contributed by atoms with Gasteiger partial charge >= 0.3 is 0 Å². The highest BCUT2D eigenvalue weighted by molar-refractivity contribution is 5.89. The van der Waals surface area contributed by atoms with Crippen LogP contribution in [0.25, 0.3) is 67.3 Å². The lowest BCUT2D eigenvalue weighted by Gasteiger charge is -2.08. The molecule has 0 atom stereocenters. The van der Waals surface area contributed by atoms with Gasteiger partial charge in [-0.25, -0.2) is 8.78 Å². The fourth-order valence-corrected chi connectivity index (χ4v) is 7.05. The van der Waals surface area contributed by atoms with E-state index in [0.29, 0.717) is 53.1 Å². The normalized spacial score (nSPS) is 11.4. The summed E-state index contributed by atoms with van der Waals surface area (Å²) in [6, 6.07) is 41.6. The van der Waals surface area contributed by atoms with Crippen LogP contribution in [-0.4, -0.2) is 30.2 Å². The van der Waals surface area contributed by atoms with E-state index in [9.17, 15) is 4.39 Å². The first-order valence-electron chi connectivity index (χ1n) is 19.0. The number of benzene rings is 5. The maximum Gasteiger partial charge on any atom is 0.227 e. The molecule has 0 aliphatic heterocycles. The summed E-state index contributed by atoms with van der Waals surface area (Å²) in [5, 5.41) is 9.31. The van der Waals surface area contributed by atoms with Gasteiger partial charge in [-0.15, -0.1) is 0 Å². The molecular weight excluding hydrogens is 719 g/mol. The van der Waals surface area contributed by atoms with Gasteiger partial charge in [-0.2, -0.15) is 9.97 Å². The summed E-state index contributed by atoms with van der Waals surface area (Å²) in [5.41, 5.74) is 9.28. The molecule has 280 valence electrons. The zero-order valence-corrected chi connectivity index (χ0v) is 30.8. The fourth-order valence-electron chi connectivity index (χ4n) is 7.05. The van der Waals surface area contributed by atoms with Gasteiger partial charge in [0.25, 0.3) is 0 Å². The highest BCUT2D eigenvalue weighted by Gasteiger charge is 2.14. The summed E-state index contributed by atoms with van der Waals surface area (Å²) in [5.74, 6) is 1.66. The first-order valence-corrected chi connectivity index (χ1v) is 19.0. The SMILES string of the molecule is Fc1ccccc1-c1ccc(CCCc2nc(-c3ccc4cc(-c5ccc(F)c(-c6ccc(CCCc7nc(-c8ccccn8)no7)cc6)c5)[nH]c4c3)no2)cc1. The molecule has 10 heteroatoms. The van der Waals surface area contributed by atoms with Gasteiger partial charge in [0.15, 0.2) is 0 Å². The molecule has 4 aromatic heterocycles. The minimum Gasteiger partial charge on any atom is -0.355 e. The Morgan fingerprint density at radius 3 is 1.82 bits per heavy atom. The molecule has 1 N–H and O–H groups in total. The van der Waals surface area contributed by atoms with Gasteiger partial charge in [0, 0.05) is 52.3 Å². The van der Waals surface area contributed by atoms with Crippen molar-refractivity contribution in [1.82, 2.24) is 30.2 Å². The van der Waals surface area contributed by atoms with Crippen molar-refractivity contribution in [1.29, 1.82) is 0 Å². The number of nitrogens with zero attached hydrogens (tertiary/aromatic N) is 5. The minimum absolute atomic E-state index is 0.225. The lowest BCUT2D eigenvalue weighted by Crippen LogP contribution is -1.92. The zero-order valence-electron chi connectivity index (χ0n) is 30.8. The predicted molar refractivity (Wildman–Crippen MR) is 216 cm³/mol. The third kappa shape index (κ3) is 8.02. The largest absolute Gasteiger partial charge is 0.355 e. The number of halogens is 2. The van der Waals surface area contributed by atoms with Gasteiger partial charge in [0.05, 0.1) is 0 Å². The first kappa shape index (κ1) is 35.6. The second-order valence-corrected chi connectivity index (χ2v) is 14.0. The molecule has 9 rings (SSSR count). The lowest BCUT2D eigenvalue weighted by molar-refractivity contribution is 0.376. The molecule has 4 heterocycles. The van der Waals surface area contributed by atoms with Gasteiger partial charge < -0.3 is 14.0 Å². The van der Waals surface area contributed by atoms with Crippen LogP contribution < -0.4 is 0 Å². The highest BCUT2D eigenvalue weighted by atomic mass is 19.1. The van der Waals surface area contributed by atoms with Crippen molar-refractivity contribution in [2.75, 3.05) is 0 Å². The maximum absolute atomic E-state index is 15.2. The van der Waals surface area contributed by atoms with E-state index < -0.39 is 0 Å². The van der Waals surface area contributed by atoms with Gasteiger partial charge in [-0.05, 0) is 102 Å². The van der Waals surface area contributed by atoms with E-state index in [4.69, 9.17) is 9.05 Å². The molecule has 0 aliphatic carbocycles. The number of aryl methyl sites for hydroxylation is 4. The second-order valence-electron chi connectivity index (χ2n) is 14.0. The lowest BCUT2D eigenvalue weighted by atomic mass is 9.98. The van der Waals surface area contributed by atoms with E-state index in [0.717, 1.165) is 75.7 Å². The van der Waals surface area contributed by atoms with Crippen molar-refractivity contribution in [3.63, 3.8) is 0 Å². The Morgan fingerprint density at radius 1 is 0.509 bits per heavy atom. The molecule has 0 unspecified atom stereocenters. The summed E-state index contributed by atoms with van der Waals surface area (Å²) in [4.78, 5) is 16.9. The van der Waals surface area contributed by atoms with Crippen LogP contribution >= 0.6 is 0 Å². The Labute approximate surface area is 327 Å². The number of nitrogens with one attached hydrogen (secondary N) is 1. The molecule has 57 heavy (non-hydrogen) atoms.